The van der Waals surface area contributed by atoms with Crippen molar-refractivity contribution in [2.24, 2.45) is 0 Å². The normalized spacial score (nSPS) is 11.2. The number of methoxy groups -OCH3 is 1. The molecule has 0 unspecified atom stereocenters. The smallest absolute Gasteiger partial charge is 0.256 e. The van der Waals surface area contributed by atoms with Crippen LogP contribution in [0.4, 0.5) is 5.69 Å². The molecule has 0 spiro atoms. The Hall–Kier alpha value is -3.18. The highest BCUT2D eigenvalue weighted by atomic mass is 16.5. The number of hydrogen-bond donors (Lipinski definition) is 1. The van der Waals surface area contributed by atoms with Crippen LogP contribution in [0.25, 0.3) is 21.8 Å². The van der Waals surface area contributed by atoms with Gasteiger partial charge in [-0.25, -0.2) is 0 Å². The molecule has 1 amide bonds. The van der Waals surface area contributed by atoms with Crippen molar-refractivity contribution in [1.82, 2.24) is 9.55 Å². The van der Waals surface area contributed by atoms with Gasteiger partial charge in [0, 0.05) is 47.5 Å². The molecule has 5 nitrogen and oxygen atoms in total. The third-order valence-electron chi connectivity index (χ3n) is 4.90. The monoisotopic (exact) mass is 373 g/mol. The lowest BCUT2D eigenvalue weighted by Crippen LogP contribution is -2.13. The maximum absolute atomic E-state index is 13.0. The van der Waals surface area contributed by atoms with Crippen LogP contribution < -0.4 is 5.32 Å². The van der Waals surface area contributed by atoms with Gasteiger partial charge in [0.1, 0.15) is 0 Å². The summed E-state index contributed by atoms with van der Waals surface area (Å²) in [6, 6.07) is 15.8. The summed E-state index contributed by atoms with van der Waals surface area (Å²) >= 11 is 0. The van der Waals surface area contributed by atoms with Gasteiger partial charge in [0.05, 0.1) is 17.7 Å². The molecule has 0 saturated heterocycles. The first-order valence-electron chi connectivity index (χ1n) is 9.32. The second-order valence-electron chi connectivity index (χ2n) is 7.06. The van der Waals surface area contributed by atoms with E-state index >= 15 is 0 Å². The number of hydrogen-bond acceptors (Lipinski definition) is 3. The van der Waals surface area contributed by atoms with Gasteiger partial charge in [-0.1, -0.05) is 11.6 Å². The van der Waals surface area contributed by atoms with Gasteiger partial charge in [-0.05, 0) is 56.3 Å². The topological polar surface area (TPSA) is 56.1 Å². The van der Waals surface area contributed by atoms with Crippen LogP contribution in [0.2, 0.25) is 0 Å². The van der Waals surface area contributed by atoms with E-state index in [1.165, 1.54) is 0 Å². The number of carbonyl (C=O) groups excluding carboxylic acids is 1. The number of anilines is 1. The molecule has 1 N–H and O–H groups in total. The van der Waals surface area contributed by atoms with Crippen LogP contribution in [-0.2, 0) is 11.3 Å². The first kappa shape index (κ1) is 18.2. The van der Waals surface area contributed by atoms with E-state index in [0.29, 0.717) is 12.2 Å². The van der Waals surface area contributed by atoms with E-state index in [4.69, 9.17) is 4.74 Å². The molecule has 2 aromatic carbocycles. The average molecular weight is 373 g/mol. The van der Waals surface area contributed by atoms with E-state index in [1.807, 2.05) is 62.5 Å². The van der Waals surface area contributed by atoms with Gasteiger partial charge >= 0.3 is 0 Å². The maximum Gasteiger partial charge on any atom is 0.256 e. The van der Waals surface area contributed by atoms with E-state index in [1.54, 1.807) is 7.11 Å². The molecule has 0 fully saturated rings. The summed E-state index contributed by atoms with van der Waals surface area (Å²) in [5.41, 5.74) is 5.30. The second-order valence-corrected chi connectivity index (χ2v) is 7.06. The number of nitrogens with one attached hydrogen (secondary N) is 1. The zero-order valence-electron chi connectivity index (χ0n) is 16.3. The third-order valence-corrected chi connectivity index (χ3v) is 4.90. The summed E-state index contributed by atoms with van der Waals surface area (Å²) in [6.45, 7) is 5.39. The van der Waals surface area contributed by atoms with Crippen LogP contribution in [0.1, 0.15) is 21.6 Å². The van der Waals surface area contributed by atoms with Gasteiger partial charge in [-0.2, -0.15) is 0 Å². The number of nitrogens with zero attached hydrogens (tertiary/aromatic N) is 2. The Morgan fingerprint density at radius 1 is 1.11 bits per heavy atom. The number of rotatable bonds is 5. The first-order valence-corrected chi connectivity index (χ1v) is 9.32. The Morgan fingerprint density at radius 2 is 1.96 bits per heavy atom. The number of amides is 1. The molecule has 0 aliphatic rings. The lowest BCUT2D eigenvalue weighted by Gasteiger charge is -2.10. The van der Waals surface area contributed by atoms with Gasteiger partial charge in [-0.3, -0.25) is 9.78 Å². The van der Waals surface area contributed by atoms with Crippen LogP contribution >= 0.6 is 0 Å². The molecule has 0 aliphatic heterocycles. The Balaban J connectivity index is 1.65. The SMILES string of the molecule is COCCn1ccc2cc(NC(=O)c3cc(C)nc4ccc(C)cc34)ccc21. The summed E-state index contributed by atoms with van der Waals surface area (Å²) in [5.74, 6) is -0.126. The first-order chi connectivity index (χ1) is 13.5. The minimum Gasteiger partial charge on any atom is -0.383 e. The summed E-state index contributed by atoms with van der Waals surface area (Å²) < 4.78 is 7.31. The predicted octanol–water partition coefficient (Wildman–Crippen LogP) is 4.71. The number of benzene rings is 2. The van der Waals surface area contributed by atoms with Crippen molar-refractivity contribution in [3.63, 3.8) is 0 Å². The summed E-state index contributed by atoms with van der Waals surface area (Å²) in [7, 11) is 1.70. The zero-order valence-corrected chi connectivity index (χ0v) is 16.3. The van der Waals surface area contributed by atoms with Crippen LogP contribution in [-0.4, -0.2) is 29.2 Å². The van der Waals surface area contributed by atoms with E-state index in [-0.39, 0.29) is 5.91 Å². The number of carbonyl (C=O) groups is 1. The molecule has 0 radical (unpaired) electrons. The van der Waals surface area contributed by atoms with E-state index in [0.717, 1.165) is 45.3 Å². The van der Waals surface area contributed by atoms with Crippen molar-refractivity contribution in [3.05, 3.63) is 71.5 Å². The molecule has 4 aromatic rings. The molecule has 0 bridgehead atoms. The minimum atomic E-state index is -0.126. The van der Waals surface area contributed by atoms with Crippen LogP contribution in [0, 0.1) is 13.8 Å². The van der Waals surface area contributed by atoms with Crippen molar-refractivity contribution < 1.29 is 9.53 Å². The quantitative estimate of drug-likeness (QED) is 0.551. The number of pyridine rings is 1. The van der Waals surface area contributed by atoms with Crippen molar-refractivity contribution >= 4 is 33.4 Å². The molecule has 0 atom stereocenters. The van der Waals surface area contributed by atoms with Crippen LogP contribution in [0.5, 0.6) is 0 Å². The van der Waals surface area contributed by atoms with E-state index in [2.05, 4.69) is 20.9 Å². The number of ether oxygens (including phenoxy) is 1. The standard InChI is InChI=1S/C23H23N3O2/c1-15-4-6-21-19(12-15)20(13-16(2)24-21)23(27)25-18-5-7-22-17(14-18)8-9-26(22)10-11-28-3/h4-9,12-14H,10-11H2,1-3H3,(H,25,27). The van der Waals surface area contributed by atoms with E-state index in [9.17, 15) is 4.79 Å². The van der Waals surface area contributed by atoms with Gasteiger partial charge in [0.15, 0.2) is 0 Å². The van der Waals surface area contributed by atoms with Crippen molar-refractivity contribution in [2.45, 2.75) is 20.4 Å². The largest absolute Gasteiger partial charge is 0.383 e. The van der Waals surface area contributed by atoms with Gasteiger partial charge in [0.2, 0.25) is 0 Å². The third kappa shape index (κ3) is 3.49. The fourth-order valence-corrected chi connectivity index (χ4v) is 3.52. The Labute approximate surface area is 164 Å². The molecule has 142 valence electrons. The average Bonchev–Trinajstić information content (AvgIpc) is 3.08. The summed E-state index contributed by atoms with van der Waals surface area (Å²) in [4.78, 5) is 17.6. The molecule has 0 aliphatic carbocycles. The second kappa shape index (κ2) is 7.44. The fourth-order valence-electron chi connectivity index (χ4n) is 3.52. The highest BCUT2D eigenvalue weighted by Gasteiger charge is 2.13. The minimum absolute atomic E-state index is 0.126. The molecular weight excluding hydrogens is 350 g/mol. The van der Waals surface area contributed by atoms with Crippen LogP contribution in [0.15, 0.2) is 54.7 Å². The molecule has 2 aromatic heterocycles. The molecule has 0 saturated carbocycles. The van der Waals surface area contributed by atoms with E-state index < -0.39 is 0 Å². The van der Waals surface area contributed by atoms with Crippen molar-refractivity contribution in [3.8, 4) is 0 Å². The highest BCUT2D eigenvalue weighted by molar-refractivity contribution is 6.12. The van der Waals surface area contributed by atoms with Crippen molar-refractivity contribution in [2.75, 3.05) is 19.0 Å². The van der Waals surface area contributed by atoms with Crippen LogP contribution in [0.3, 0.4) is 0 Å². The zero-order chi connectivity index (χ0) is 19.7. The molecule has 4 rings (SSSR count). The number of aromatic nitrogens is 2. The molecular formula is C23H23N3O2. The number of aryl methyl sites for hydroxylation is 2. The number of fused-ring (bicyclic) bond motifs is 2. The van der Waals surface area contributed by atoms with Gasteiger partial charge in [-0.15, -0.1) is 0 Å². The lowest BCUT2D eigenvalue weighted by molar-refractivity contribution is 0.102. The van der Waals surface area contributed by atoms with Gasteiger partial charge in [0.25, 0.3) is 5.91 Å². The Kier molecular flexibility index (Phi) is 4.84. The summed E-state index contributed by atoms with van der Waals surface area (Å²) in [5, 5.41) is 5.00. The molecule has 2 heterocycles. The fraction of sp³-hybridized carbons (Fsp3) is 0.217. The Bertz CT molecular complexity index is 1180. The Morgan fingerprint density at radius 3 is 2.79 bits per heavy atom. The lowest BCUT2D eigenvalue weighted by atomic mass is 10.0. The maximum atomic E-state index is 13.0. The van der Waals surface area contributed by atoms with Crippen molar-refractivity contribution in [1.29, 1.82) is 0 Å². The molecule has 28 heavy (non-hydrogen) atoms. The highest BCUT2D eigenvalue weighted by Crippen LogP contribution is 2.24. The van der Waals surface area contributed by atoms with Gasteiger partial charge < -0.3 is 14.6 Å². The predicted molar refractivity (Wildman–Crippen MR) is 113 cm³/mol. The summed E-state index contributed by atoms with van der Waals surface area (Å²) in [6.07, 6.45) is 2.04. The molecule has 5 heteroatoms.